The van der Waals surface area contributed by atoms with E-state index in [9.17, 15) is 24.4 Å². The van der Waals surface area contributed by atoms with E-state index in [1.165, 1.54) is 20.4 Å². The highest BCUT2D eigenvalue weighted by molar-refractivity contribution is 7.54. The summed E-state index contributed by atoms with van der Waals surface area (Å²) in [7, 11) is -1.86. The number of methoxy groups -OCH3 is 2. The van der Waals surface area contributed by atoms with Crippen molar-refractivity contribution in [1.82, 2.24) is 20.1 Å². The smallest absolute Gasteiger partial charge is 0.342 e. The van der Waals surface area contributed by atoms with Crippen molar-refractivity contribution in [3.05, 3.63) is 71.8 Å². The molecule has 18 heteroatoms. The maximum atomic E-state index is 14.9. The number of hydrogen-bond donors (Lipinski definition) is 6. The van der Waals surface area contributed by atoms with Gasteiger partial charge < -0.3 is 45.2 Å². The van der Waals surface area contributed by atoms with E-state index in [0.29, 0.717) is 0 Å². The molecule has 2 aromatic carbocycles. The molecule has 54 heavy (non-hydrogen) atoms. The van der Waals surface area contributed by atoms with Gasteiger partial charge in [-0.3, -0.25) is 19.1 Å². The fraction of sp³-hybridized carbons (Fsp3) is 0.472. The van der Waals surface area contributed by atoms with Gasteiger partial charge in [0.1, 0.15) is 24.3 Å². The average molecular weight is 774 g/mol. The van der Waals surface area contributed by atoms with Crippen LogP contribution in [0.3, 0.4) is 0 Å². The number of rotatable bonds is 22. The van der Waals surface area contributed by atoms with E-state index in [-0.39, 0.29) is 42.6 Å². The predicted octanol–water partition coefficient (Wildman–Crippen LogP) is 2.91. The molecule has 0 aliphatic heterocycles. The van der Waals surface area contributed by atoms with Crippen LogP contribution in [-0.4, -0.2) is 102 Å². The number of esters is 2. The van der Waals surface area contributed by atoms with Gasteiger partial charge in [0.05, 0.1) is 32.0 Å². The number of ether oxygens (including phenoxy) is 4. The molecule has 0 bridgehead atoms. The Morgan fingerprint density at radius 2 is 1.35 bits per heavy atom. The minimum atomic E-state index is -4.47. The molecule has 5 atom stereocenters. The molecule has 0 amide bonds. The van der Waals surface area contributed by atoms with Gasteiger partial charge in [-0.1, -0.05) is 60.7 Å². The molecule has 0 saturated heterocycles. The minimum absolute atomic E-state index is 0.0101. The van der Waals surface area contributed by atoms with Crippen molar-refractivity contribution in [3.8, 4) is 5.88 Å². The van der Waals surface area contributed by atoms with E-state index < -0.39 is 68.8 Å². The molecule has 0 spiro atoms. The van der Waals surface area contributed by atoms with E-state index in [4.69, 9.17) is 34.9 Å². The summed E-state index contributed by atoms with van der Waals surface area (Å²) < 4.78 is 42.5. The molecule has 0 aliphatic carbocycles. The van der Waals surface area contributed by atoms with Crippen molar-refractivity contribution in [3.63, 3.8) is 0 Å². The summed E-state index contributed by atoms with van der Waals surface area (Å²) in [6.07, 6.45) is -4.18. The monoisotopic (exact) mass is 773 g/mol. The van der Waals surface area contributed by atoms with Gasteiger partial charge in [0.25, 0.3) is 0 Å². The van der Waals surface area contributed by atoms with E-state index in [1.54, 1.807) is 76.2 Å². The number of carbonyl (C=O) groups excluding carboxylic acids is 2. The van der Waals surface area contributed by atoms with Crippen LogP contribution >= 0.6 is 7.67 Å². The van der Waals surface area contributed by atoms with Crippen LogP contribution in [0.1, 0.15) is 45.2 Å². The quantitative estimate of drug-likeness (QED) is 0.0488. The molecule has 296 valence electrons. The van der Waals surface area contributed by atoms with Crippen molar-refractivity contribution in [2.75, 3.05) is 32.3 Å². The zero-order valence-corrected chi connectivity index (χ0v) is 32.2. The van der Waals surface area contributed by atoms with Crippen LogP contribution in [0.25, 0.3) is 0 Å². The summed E-state index contributed by atoms with van der Waals surface area (Å²) in [5.41, 5.74) is 13.0. The Hall–Kier alpha value is -4.48. The first kappa shape index (κ1) is 43.9. The molecule has 3 aromatic rings. The first-order chi connectivity index (χ1) is 25.6. The van der Waals surface area contributed by atoms with E-state index in [2.05, 4.69) is 25.1 Å². The highest BCUT2D eigenvalue weighted by Crippen LogP contribution is 2.41. The maximum absolute atomic E-state index is 14.9. The number of nitrogens with one attached hydrogen (secondary N) is 2. The van der Waals surface area contributed by atoms with Crippen molar-refractivity contribution in [1.29, 1.82) is 0 Å². The van der Waals surface area contributed by atoms with Gasteiger partial charge in [-0.15, -0.1) is 0 Å². The third kappa shape index (κ3) is 14.1. The van der Waals surface area contributed by atoms with Crippen LogP contribution in [0.2, 0.25) is 0 Å². The summed E-state index contributed by atoms with van der Waals surface area (Å²) >= 11 is 0. The molecular weight excluding hydrogens is 721 g/mol. The van der Waals surface area contributed by atoms with E-state index >= 15 is 0 Å². The second kappa shape index (κ2) is 21.4. The van der Waals surface area contributed by atoms with Gasteiger partial charge in [-0.25, -0.2) is 10.2 Å². The Balaban J connectivity index is 1.92. The number of nitrogen functional groups attached to an aromatic ring is 2. The molecule has 0 fully saturated rings. The average Bonchev–Trinajstić information content (AvgIpc) is 3.12. The lowest BCUT2D eigenvalue weighted by molar-refractivity contribution is -0.150. The van der Waals surface area contributed by atoms with Crippen LogP contribution in [0, 0.1) is 0 Å². The number of aliphatic hydroxyl groups excluding tert-OH is 2. The highest BCUT2D eigenvalue weighted by atomic mass is 31.2. The van der Waals surface area contributed by atoms with Crippen LogP contribution in [0.5, 0.6) is 5.88 Å². The SMILES string of the molecule is COc1nc(N)nc(N)c1N=CCC(O)C(O)C(COP(=O)(NC(Cc1ccccc1)C(=O)OC(C)C)NC(Cc1ccccc1)C(=O)OC(C)C)OC. The topological polar surface area (TPSA) is 252 Å². The Morgan fingerprint density at radius 3 is 1.80 bits per heavy atom. The van der Waals surface area contributed by atoms with Gasteiger partial charge in [-0.2, -0.15) is 9.97 Å². The predicted molar refractivity (Wildman–Crippen MR) is 203 cm³/mol. The van der Waals surface area contributed by atoms with Crippen molar-refractivity contribution >= 4 is 43.3 Å². The number of benzene rings is 2. The number of aliphatic hydroxyl groups is 2. The lowest BCUT2D eigenvalue weighted by Crippen LogP contribution is -2.48. The highest BCUT2D eigenvalue weighted by Gasteiger charge is 2.39. The summed E-state index contributed by atoms with van der Waals surface area (Å²) in [6, 6.07) is 15.5. The van der Waals surface area contributed by atoms with E-state index in [0.717, 1.165) is 11.1 Å². The second-order valence-electron chi connectivity index (χ2n) is 12.8. The Bertz CT molecular complexity index is 1630. The third-order valence-corrected chi connectivity index (χ3v) is 9.46. The number of nitrogens with zero attached hydrogens (tertiary/aromatic N) is 3. The van der Waals surface area contributed by atoms with E-state index in [1.807, 2.05) is 12.1 Å². The number of aromatic nitrogens is 2. The molecule has 0 aliphatic rings. The Morgan fingerprint density at radius 1 is 0.852 bits per heavy atom. The normalized spacial score (nSPS) is 15.7. The first-order valence-electron chi connectivity index (χ1n) is 17.3. The van der Waals surface area contributed by atoms with Crippen LogP contribution in [0.4, 0.5) is 17.5 Å². The van der Waals surface area contributed by atoms with Crippen LogP contribution in [-0.2, 0) is 45.7 Å². The molecule has 5 unspecified atom stereocenters. The first-order valence-corrected chi connectivity index (χ1v) is 18.9. The Kier molecular flexibility index (Phi) is 17.4. The molecular formula is C36H52N7O10P. The minimum Gasteiger partial charge on any atom is -0.479 e. The summed E-state index contributed by atoms with van der Waals surface area (Å²) in [5, 5.41) is 27.6. The van der Waals surface area contributed by atoms with Gasteiger partial charge >= 0.3 is 19.6 Å². The summed E-state index contributed by atoms with van der Waals surface area (Å²) in [5.74, 6) is -1.60. The molecule has 17 nitrogen and oxygen atoms in total. The largest absolute Gasteiger partial charge is 0.479 e. The lowest BCUT2D eigenvalue weighted by Gasteiger charge is -2.31. The molecule has 8 N–H and O–H groups in total. The molecule has 1 aromatic heterocycles. The second-order valence-corrected chi connectivity index (χ2v) is 14.6. The van der Waals surface area contributed by atoms with Gasteiger partial charge in [0.15, 0.2) is 11.5 Å². The van der Waals surface area contributed by atoms with Gasteiger partial charge in [0.2, 0.25) is 11.8 Å². The molecule has 0 radical (unpaired) electrons. The Labute approximate surface area is 315 Å². The molecule has 3 rings (SSSR count). The van der Waals surface area contributed by atoms with Gasteiger partial charge in [-0.05, 0) is 51.7 Å². The molecule has 1 heterocycles. The standard InChI is InChI=1S/C36H52N7O10P/c1-22(2)52-34(46)26(19-24-13-9-7-10-14-24)42-54(48,43-27(35(47)53-23(3)4)20-25-15-11-8-12-16-25)51-21-29(49-5)31(45)28(44)17-18-39-30-32(37)40-36(38)41-33(30)50-6/h7-16,18,22-23,26-29,31,44-45H,17,19-21H2,1-6H3,(H2,42,43,48)(H4,37,38,40,41). The summed E-state index contributed by atoms with van der Waals surface area (Å²) in [4.78, 5) is 38.8. The van der Waals surface area contributed by atoms with Gasteiger partial charge in [0, 0.05) is 19.7 Å². The number of aliphatic imine (C=N–C) groups is 1. The van der Waals surface area contributed by atoms with Crippen molar-refractivity contribution in [2.45, 2.75) is 89.6 Å². The lowest BCUT2D eigenvalue weighted by atomic mass is 10.1. The fourth-order valence-corrected chi connectivity index (χ4v) is 6.86. The molecule has 0 saturated carbocycles. The van der Waals surface area contributed by atoms with Crippen LogP contribution < -0.4 is 26.4 Å². The maximum Gasteiger partial charge on any atom is 0.342 e. The van der Waals surface area contributed by atoms with Crippen molar-refractivity contribution < 1.29 is 47.8 Å². The zero-order valence-electron chi connectivity index (χ0n) is 31.3. The number of hydrogen-bond acceptors (Lipinski definition) is 15. The fourth-order valence-electron chi connectivity index (χ4n) is 5.07. The third-order valence-electron chi connectivity index (χ3n) is 7.65. The number of carbonyl (C=O) groups is 2. The number of nitrogens with two attached hydrogens (primary N) is 2. The zero-order chi connectivity index (χ0) is 39.8. The van der Waals surface area contributed by atoms with Crippen LogP contribution in [0.15, 0.2) is 65.7 Å². The van der Waals surface area contributed by atoms with Crippen molar-refractivity contribution in [2.24, 2.45) is 4.99 Å². The summed E-state index contributed by atoms with van der Waals surface area (Å²) in [6.45, 7) is 6.14. The number of anilines is 2.